The summed E-state index contributed by atoms with van der Waals surface area (Å²) in [6, 6.07) is 0.375. The van der Waals surface area contributed by atoms with E-state index in [1.165, 1.54) is 0 Å². The van der Waals surface area contributed by atoms with Crippen LogP contribution in [0, 0.1) is 0 Å². The Kier molecular flexibility index (Phi) is 9.13. The maximum Gasteiger partial charge on any atom is 0.500 e. The Bertz CT molecular complexity index is 282. The number of amides is 2. The SMILES string of the molecule is CCO[Si](CCCN(C(=O)O)C(=O)O)(OCC)OCC. The van der Waals surface area contributed by atoms with Gasteiger partial charge in [-0.3, -0.25) is 0 Å². The highest BCUT2D eigenvalue weighted by atomic mass is 28.4. The van der Waals surface area contributed by atoms with E-state index >= 15 is 0 Å². The van der Waals surface area contributed by atoms with Gasteiger partial charge in [0.2, 0.25) is 0 Å². The van der Waals surface area contributed by atoms with Crippen LogP contribution in [0.5, 0.6) is 0 Å². The van der Waals surface area contributed by atoms with E-state index in [-0.39, 0.29) is 6.54 Å². The fraction of sp³-hybridized carbons (Fsp3) is 0.818. The molecule has 9 heteroatoms. The molecule has 0 rings (SSSR count). The second-order valence-electron chi connectivity index (χ2n) is 3.80. The van der Waals surface area contributed by atoms with Gasteiger partial charge < -0.3 is 23.5 Å². The maximum absolute atomic E-state index is 10.7. The van der Waals surface area contributed by atoms with Crippen LogP contribution in [0.3, 0.4) is 0 Å². The number of rotatable bonds is 10. The summed E-state index contributed by atoms with van der Waals surface area (Å²) < 4.78 is 16.8. The molecule has 0 bridgehead atoms. The topological polar surface area (TPSA) is 106 Å². The lowest BCUT2D eigenvalue weighted by Crippen LogP contribution is -2.46. The predicted octanol–water partition coefficient (Wildman–Crippen LogP) is 2.08. The number of carbonyl (C=O) groups is 2. The van der Waals surface area contributed by atoms with E-state index in [0.29, 0.717) is 37.2 Å². The van der Waals surface area contributed by atoms with Crippen LogP contribution in [0.15, 0.2) is 0 Å². The van der Waals surface area contributed by atoms with Crippen LogP contribution in [-0.2, 0) is 13.3 Å². The molecular formula is C11H23NO7Si. The van der Waals surface area contributed by atoms with Gasteiger partial charge in [0.15, 0.2) is 0 Å². The largest absolute Gasteiger partial charge is 0.500 e. The van der Waals surface area contributed by atoms with Crippen molar-refractivity contribution in [2.75, 3.05) is 26.4 Å². The van der Waals surface area contributed by atoms with Crippen molar-refractivity contribution in [3.8, 4) is 0 Å². The van der Waals surface area contributed by atoms with Gasteiger partial charge in [-0.2, -0.15) is 0 Å². The monoisotopic (exact) mass is 309 g/mol. The van der Waals surface area contributed by atoms with Crippen LogP contribution in [-0.4, -0.2) is 62.5 Å². The van der Waals surface area contributed by atoms with Gasteiger partial charge in [-0.05, 0) is 27.2 Å². The molecule has 0 saturated carbocycles. The molecule has 0 atom stereocenters. The van der Waals surface area contributed by atoms with Crippen LogP contribution in [0.25, 0.3) is 0 Å². The Hall–Kier alpha value is -1.16. The molecule has 0 aliphatic carbocycles. The molecular weight excluding hydrogens is 286 g/mol. The summed E-state index contributed by atoms with van der Waals surface area (Å²) in [7, 11) is -2.84. The summed E-state index contributed by atoms with van der Waals surface area (Å²) in [6.07, 6.45) is -2.69. The predicted molar refractivity (Wildman–Crippen MR) is 72.8 cm³/mol. The third-order valence-corrected chi connectivity index (χ3v) is 5.57. The molecule has 20 heavy (non-hydrogen) atoms. The molecule has 0 saturated heterocycles. The first-order chi connectivity index (χ1) is 9.42. The van der Waals surface area contributed by atoms with Crippen molar-refractivity contribution < 1.29 is 33.1 Å². The van der Waals surface area contributed by atoms with Crippen LogP contribution < -0.4 is 0 Å². The number of hydrogen-bond donors (Lipinski definition) is 2. The van der Waals surface area contributed by atoms with E-state index in [2.05, 4.69) is 0 Å². The third-order valence-electron chi connectivity index (χ3n) is 2.42. The number of nitrogens with zero attached hydrogens (tertiary/aromatic N) is 1. The fourth-order valence-electron chi connectivity index (χ4n) is 1.73. The van der Waals surface area contributed by atoms with Crippen molar-refractivity contribution in [2.45, 2.75) is 33.2 Å². The molecule has 0 radical (unpaired) electrons. The Morgan fingerprint density at radius 3 is 1.65 bits per heavy atom. The third kappa shape index (κ3) is 6.33. The minimum atomic E-state index is -2.84. The van der Waals surface area contributed by atoms with Gasteiger partial charge in [-0.25, -0.2) is 14.5 Å². The summed E-state index contributed by atoms with van der Waals surface area (Å²) in [6.45, 7) is 6.60. The molecule has 0 aliphatic heterocycles. The maximum atomic E-state index is 10.7. The van der Waals surface area contributed by atoms with E-state index in [0.717, 1.165) is 0 Å². The van der Waals surface area contributed by atoms with Crippen molar-refractivity contribution in [1.82, 2.24) is 4.90 Å². The van der Waals surface area contributed by atoms with E-state index in [9.17, 15) is 9.59 Å². The zero-order valence-electron chi connectivity index (χ0n) is 12.1. The molecule has 8 nitrogen and oxygen atoms in total. The Labute approximate surface area is 119 Å². The van der Waals surface area contributed by atoms with Gasteiger partial charge in [0.1, 0.15) is 0 Å². The first kappa shape index (κ1) is 18.8. The first-order valence-corrected chi connectivity index (χ1v) is 8.50. The molecule has 2 amide bonds. The highest BCUT2D eigenvalue weighted by Crippen LogP contribution is 2.18. The molecule has 0 spiro atoms. The zero-order valence-corrected chi connectivity index (χ0v) is 13.1. The highest BCUT2D eigenvalue weighted by Gasteiger charge is 2.40. The van der Waals surface area contributed by atoms with Gasteiger partial charge in [0.05, 0.1) is 0 Å². The van der Waals surface area contributed by atoms with Crippen LogP contribution >= 0.6 is 0 Å². The first-order valence-electron chi connectivity index (χ1n) is 6.57. The molecule has 0 aromatic carbocycles. The summed E-state index contributed by atoms with van der Waals surface area (Å²) in [4.78, 5) is 21.8. The lowest BCUT2D eigenvalue weighted by molar-refractivity contribution is 0.0693. The smallest absolute Gasteiger partial charge is 0.465 e. The lowest BCUT2D eigenvalue weighted by Gasteiger charge is -2.28. The minimum absolute atomic E-state index is 0.132. The average molecular weight is 309 g/mol. The van der Waals surface area contributed by atoms with Crippen molar-refractivity contribution in [3.63, 3.8) is 0 Å². The molecule has 118 valence electrons. The summed E-state index contributed by atoms with van der Waals surface area (Å²) in [5.74, 6) is 0. The van der Waals surface area contributed by atoms with Gasteiger partial charge in [-0.15, -0.1) is 0 Å². The number of hydrogen-bond acceptors (Lipinski definition) is 5. The van der Waals surface area contributed by atoms with Gasteiger partial charge in [0.25, 0.3) is 0 Å². The van der Waals surface area contributed by atoms with E-state index in [1.54, 1.807) is 0 Å². The molecule has 2 N–H and O–H groups in total. The van der Waals surface area contributed by atoms with Gasteiger partial charge in [-0.1, -0.05) is 0 Å². The van der Waals surface area contributed by atoms with E-state index in [1.807, 2.05) is 20.8 Å². The van der Waals surface area contributed by atoms with E-state index in [4.69, 9.17) is 23.5 Å². The second kappa shape index (κ2) is 9.70. The van der Waals surface area contributed by atoms with Crippen LogP contribution in [0.4, 0.5) is 9.59 Å². The van der Waals surface area contributed by atoms with Gasteiger partial charge >= 0.3 is 21.0 Å². The van der Waals surface area contributed by atoms with E-state index < -0.39 is 21.0 Å². The van der Waals surface area contributed by atoms with Crippen molar-refractivity contribution in [2.24, 2.45) is 0 Å². The fourth-order valence-corrected chi connectivity index (χ4v) is 4.32. The molecule has 0 unspecified atom stereocenters. The van der Waals surface area contributed by atoms with Crippen molar-refractivity contribution >= 4 is 21.0 Å². The summed E-state index contributed by atoms with van der Waals surface area (Å²) in [5, 5.41) is 17.5. The van der Waals surface area contributed by atoms with Crippen LogP contribution in [0.1, 0.15) is 27.2 Å². The Morgan fingerprint density at radius 2 is 1.35 bits per heavy atom. The van der Waals surface area contributed by atoms with Gasteiger partial charge in [0, 0.05) is 32.4 Å². The van der Waals surface area contributed by atoms with Crippen molar-refractivity contribution in [3.05, 3.63) is 0 Å². The molecule has 0 aromatic heterocycles. The minimum Gasteiger partial charge on any atom is -0.465 e. The molecule has 0 aromatic rings. The average Bonchev–Trinajstić information content (AvgIpc) is 2.34. The Balaban J connectivity index is 4.58. The number of carboxylic acid groups (broad SMARTS) is 2. The normalized spacial score (nSPS) is 11.3. The van der Waals surface area contributed by atoms with Crippen molar-refractivity contribution in [1.29, 1.82) is 0 Å². The standard InChI is InChI=1S/C11H23NO7Si/c1-4-17-20(18-5-2,19-6-3)9-7-8-12(10(13)14)11(15)16/h4-9H2,1-3H3,(H,13,14)(H,15,16). The molecule has 0 fully saturated rings. The zero-order chi connectivity index (χ0) is 15.6. The molecule has 0 aliphatic rings. The quantitative estimate of drug-likeness (QED) is 0.595. The van der Waals surface area contributed by atoms with Crippen LogP contribution in [0.2, 0.25) is 6.04 Å². The highest BCUT2D eigenvalue weighted by molar-refractivity contribution is 6.60. The second-order valence-corrected chi connectivity index (χ2v) is 6.53. The summed E-state index contributed by atoms with van der Waals surface area (Å²) in [5.41, 5.74) is 0. The Morgan fingerprint density at radius 1 is 0.950 bits per heavy atom. The number of imide groups is 1. The molecule has 0 heterocycles. The lowest BCUT2D eigenvalue weighted by atomic mass is 10.4. The summed E-state index contributed by atoms with van der Waals surface area (Å²) >= 11 is 0.